The smallest absolute Gasteiger partial charge is 0.371 e. The highest BCUT2D eigenvalue weighted by Gasteiger charge is 2.19. The van der Waals surface area contributed by atoms with Gasteiger partial charge < -0.3 is 14.6 Å². The van der Waals surface area contributed by atoms with Gasteiger partial charge in [-0.1, -0.05) is 44.2 Å². The number of amides is 1. The van der Waals surface area contributed by atoms with Crippen LogP contribution < -0.4 is 10.1 Å². The molecule has 0 spiro atoms. The molecule has 2 N–H and O–H groups in total. The Morgan fingerprint density at radius 3 is 2.56 bits per heavy atom. The molecule has 0 bridgehead atoms. The van der Waals surface area contributed by atoms with E-state index in [4.69, 9.17) is 9.84 Å². The number of carboxylic acids is 1. The van der Waals surface area contributed by atoms with E-state index in [1.165, 1.54) is 43.4 Å². The SMILES string of the molecule is CO/C(=C\c1c(F)cc(C(=O)Nc2nc(-c3cccc(OCCC4CCCCC4)c3C)cs2)cc1F)C(=O)O. The molecule has 39 heavy (non-hydrogen) atoms. The summed E-state index contributed by atoms with van der Waals surface area (Å²) in [6.07, 6.45) is 8.24. The third-order valence-electron chi connectivity index (χ3n) is 6.84. The lowest BCUT2D eigenvalue weighted by atomic mass is 9.87. The van der Waals surface area contributed by atoms with Crippen molar-refractivity contribution in [3.63, 3.8) is 0 Å². The van der Waals surface area contributed by atoms with Gasteiger partial charge in [-0.15, -0.1) is 11.3 Å². The van der Waals surface area contributed by atoms with E-state index in [1.54, 1.807) is 5.38 Å². The quantitative estimate of drug-likeness (QED) is 0.205. The van der Waals surface area contributed by atoms with Crippen LogP contribution in [0.1, 0.15) is 60.0 Å². The number of benzene rings is 2. The molecular formula is C29H30F2N2O5S. The van der Waals surface area contributed by atoms with Crippen molar-refractivity contribution in [3.05, 3.63) is 69.8 Å². The maximum absolute atomic E-state index is 14.5. The molecular weight excluding hydrogens is 526 g/mol. The highest BCUT2D eigenvalue weighted by atomic mass is 32.1. The van der Waals surface area contributed by atoms with Crippen LogP contribution in [0.5, 0.6) is 5.75 Å². The zero-order valence-corrected chi connectivity index (χ0v) is 22.6. The summed E-state index contributed by atoms with van der Waals surface area (Å²) in [6, 6.07) is 7.41. The molecule has 4 rings (SSSR count). The van der Waals surface area contributed by atoms with Crippen molar-refractivity contribution in [1.82, 2.24) is 4.98 Å². The van der Waals surface area contributed by atoms with Crippen molar-refractivity contribution in [2.24, 2.45) is 5.92 Å². The lowest BCUT2D eigenvalue weighted by Crippen LogP contribution is -2.13. The molecule has 1 saturated carbocycles. The van der Waals surface area contributed by atoms with E-state index in [2.05, 4.69) is 15.0 Å². The van der Waals surface area contributed by atoms with Crippen LogP contribution in [-0.4, -0.2) is 35.7 Å². The van der Waals surface area contributed by atoms with E-state index in [9.17, 15) is 18.4 Å². The van der Waals surface area contributed by atoms with E-state index in [0.717, 1.165) is 54.5 Å². The number of nitrogens with one attached hydrogen (secondary N) is 1. The Morgan fingerprint density at radius 1 is 1.18 bits per heavy atom. The van der Waals surface area contributed by atoms with Gasteiger partial charge in [0.05, 0.1) is 19.4 Å². The Bertz CT molecular complexity index is 1360. The van der Waals surface area contributed by atoms with Gasteiger partial charge in [0, 0.05) is 33.7 Å². The topological polar surface area (TPSA) is 97.8 Å². The zero-order chi connectivity index (χ0) is 27.9. The molecule has 1 aliphatic rings. The fourth-order valence-electron chi connectivity index (χ4n) is 4.68. The summed E-state index contributed by atoms with van der Waals surface area (Å²) < 4.78 is 39.8. The lowest BCUT2D eigenvalue weighted by Gasteiger charge is -2.21. The Balaban J connectivity index is 1.44. The molecule has 0 saturated heterocycles. The highest BCUT2D eigenvalue weighted by molar-refractivity contribution is 7.14. The van der Waals surface area contributed by atoms with Crippen LogP contribution in [-0.2, 0) is 9.53 Å². The molecule has 0 radical (unpaired) electrons. The highest BCUT2D eigenvalue weighted by Crippen LogP contribution is 2.33. The number of methoxy groups -OCH3 is 1. The summed E-state index contributed by atoms with van der Waals surface area (Å²) in [6.45, 7) is 2.63. The van der Waals surface area contributed by atoms with Gasteiger partial charge in [0.1, 0.15) is 17.4 Å². The van der Waals surface area contributed by atoms with Crippen molar-refractivity contribution < 1.29 is 33.0 Å². The summed E-state index contributed by atoms with van der Waals surface area (Å²) in [5.41, 5.74) is 1.54. The predicted octanol–water partition coefficient (Wildman–Crippen LogP) is 7.07. The van der Waals surface area contributed by atoms with Crippen molar-refractivity contribution in [2.75, 3.05) is 19.0 Å². The molecule has 1 aromatic heterocycles. The van der Waals surface area contributed by atoms with Crippen LogP contribution in [0.25, 0.3) is 17.3 Å². The van der Waals surface area contributed by atoms with E-state index in [-0.39, 0.29) is 10.7 Å². The standard InChI is InChI=1S/C29H30F2N2O5S/c1-17-20(9-6-10-25(17)38-12-11-18-7-4-3-5-8-18)24-16-39-29(32-24)33-27(34)19-13-22(30)21(23(31)14-19)15-26(37-2)28(35)36/h6,9-10,13-16,18H,3-5,7-8,11-12H2,1-2H3,(H,35,36)(H,32,33,34)/b26-15-. The minimum atomic E-state index is -1.48. The number of carbonyl (C=O) groups is 2. The number of aromatic nitrogens is 1. The van der Waals surface area contributed by atoms with Gasteiger partial charge in [-0.3, -0.25) is 10.1 Å². The monoisotopic (exact) mass is 556 g/mol. The van der Waals surface area contributed by atoms with Crippen molar-refractivity contribution in [2.45, 2.75) is 45.4 Å². The number of anilines is 1. The first kappa shape index (κ1) is 28.2. The zero-order valence-electron chi connectivity index (χ0n) is 21.8. The van der Waals surface area contributed by atoms with E-state index < -0.39 is 34.8 Å². The van der Waals surface area contributed by atoms with Gasteiger partial charge in [0.2, 0.25) is 5.76 Å². The molecule has 3 aromatic rings. The number of rotatable bonds is 10. The Kier molecular flexibility index (Phi) is 9.29. The van der Waals surface area contributed by atoms with Crippen LogP contribution in [0.2, 0.25) is 0 Å². The Labute approximate surface area is 229 Å². The number of hydrogen-bond acceptors (Lipinski definition) is 6. The van der Waals surface area contributed by atoms with Crippen molar-refractivity contribution in [3.8, 4) is 17.0 Å². The second-order valence-corrected chi connectivity index (χ2v) is 10.3. The van der Waals surface area contributed by atoms with Gasteiger partial charge in [0.15, 0.2) is 5.13 Å². The first-order valence-corrected chi connectivity index (χ1v) is 13.6. The minimum Gasteiger partial charge on any atom is -0.493 e. The van der Waals surface area contributed by atoms with Crippen LogP contribution in [0, 0.1) is 24.5 Å². The fraction of sp³-hybridized carbons (Fsp3) is 0.345. The maximum Gasteiger partial charge on any atom is 0.371 e. The molecule has 1 aliphatic carbocycles. The van der Waals surface area contributed by atoms with E-state index in [1.807, 2.05) is 25.1 Å². The molecule has 0 atom stereocenters. The molecule has 7 nitrogen and oxygen atoms in total. The lowest BCUT2D eigenvalue weighted by molar-refractivity contribution is -0.135. The van der Waals surface area contributed by atoms with Crippen LogP contribution in [0.3, 0.4) is 0 Å². The third kappa shape index (κ3) is 7.00. The Morgan fingerprint density at radius 2 is 1.90 bits per heavy atom. The maximum atomic E-state index is 14.5. The second-order valence-electron chi connectivity index (χ2n) is 9.43. The van der Waals surface area contributed by atoms with Gasteiger partial charge >= 0.3 is 5.97 Å². The summed E-state index contributed by atoms with van der Waals surface area (Å²) in [5, 5.41) is 13.6. The van der Waals surface area contributed by atoms with Crippen LogP contribution >= 0.6 is 11.3 Å². The van der Waals surface area contributed by atoms with Gasteiger partial charge in [-0.05, 0) is 37.5 Å². The second kappa shape index (κ2) is 12.8. The number of halogens is 2. The molecule has 2 aromatic carbocycles. The average molecular weight is 557 g/mol. The number of aliphatic carboxylic acids is 1. The Hall–Kier alpha value is -3.79. The minimum absolute atomic E-state index is 0.260. The summed E-state index contributed by atoms with van der Waals surface area (Å²) in [7, 11) is 1.07. The largest absolute Gasteiger partial charge is 0.493 e. The van der Waals surface area contributed by atoms with Gasteiger partial charge in [-0.25, -0.2) is 18.6 Å². The summed E-state index contributed by atoms with van der Waals surface area (Å²) >= 11 is 1.18. The first-order valence-electron chi connectivity index (χ1n) is 12.7. The number of nitrogens with zero attached hydrogens (tertiary/aromatic N) is 1. The molecule has 10 heteroatoms. The summed E-state index contributed by atoms with van der Waals surface area (Å²) in [4.78, 5) is 28.3. The molecule has 1 amide bonds. The van der Waals surface area contributed by atoms with Crippen LogP contribution in [0.15, 0.2) is 41.5 Å². The summed E-state index contributed by atoms with van der Waals surface area (Å²) in [5.74, 6) is -3.57. The number of hydrogen-bond donors (Lipinski definition) is 2. The number of ether oxygens (including phenoxy) is 2. The van der Waals surface area contributed by atoms with Crippen molar-refractivity contribution >= 4 is 34.4 Å². The van der Waals surface area contributed by atoms with Gasteiger partial charge in [0.25, 0.3) is 5.91 Å². The van der Waals surface area contributed by atoms with E-state index >= 15 is 0 Å². The third-order valence-corrected chi connectivity index (χ3v) is 7.60. The van der Waals surface area contributed by atoms with E-state index in [0.29, 0.717) is 12.3 Å². The van der Waals surface area contributed by atoms with Crippen LogP contribution in [0.4, 0.5) is 13.9 Å². The molecule has 1 fully saturated rings. The first-order chi connectivity index (χ1) is 18.8. The predicted molar refractivity (Wildman–Crippen MR) is 146 cm³/mol. The number of thiazole rings is 1. The average Bonchev–Trinajstić information content (AvgIpc) is 3.37. The number of carboxylic acid groups (broad SMARTS) is 1. The normalized spacial score (nSPS) is 14.2. The molecule has 1 heterocycles. The van der Waals surface area contributed by atoms with Gasteiger partial charge in [-0.2, -0.15) is 0 Å². The fourth-order valence-corrected chi connectivity index (χ4v) is 5.38. The molecule has 0 unspecified atom stereocenters. The van der Waals surface area contributed by atoms with Crippen molar-refractivity contribution in [1.29, 1.82) is 0 Å². The molecule has 0 aliphatic heterocycles. The number of carbonyl (C=O) groups excluding carboxylic acids is 1. The molecule has 206 valence electrons.